The number of oxime groups is 1. The van der Waals surface area contributed by atoms with Crippen molar-refractivity contribution in [3.63, 3.8) is 0 Å². The maximum absolute atomic E-state index is 12.1. The van der Waals surface area contributed by atoms with Gasteiger partial charge in [0.2, 0.25) is 0 Å². The Hall–Kier alpha value is -1.55. The fourth-order valence-corrected chi connectivity index (χ4v) is 5.69. The standard InChI is InChI=1S/C29H47NO3/c1-8-9-10-11-12-17-27(4,5)22-13-15-24-25(18-22)33-28(6,7)26-16-14-23(19-29(24,26)31)30-32-20-21(2)3/h13,15,18,21,26,31H,8-12,14,16-17,19-20H2,1-7H3/t26-,29-/m1/s1. The van der Waals surface area contributed by atoms with Crippen LogP contribution in [0.4, 0.5) is 0 Å². The number of unbranched alkanes of at least 4 members (excludes halogenated alkanes) is 4. The molecule has 4 heteroatoms. The maximum Gasteiger partial charge on any atom is 0.126 e. The van der Waals surface area contributed by atoms with Crippen LogP contribution in [0.15, 0.2) is 23.4 Å². The number of ether oxygens (including phenoxy) is 1. The molecule has 0 unspecified atom stereocenters. The number of nitrogens with zero attached hydrogens (tertiary/aromatic N) is 1. The zero-order chi connectivity index (χ0) is 24.3. The molecule has 1 heterocycles. The molecule has 2 atom stereocenters. The summed E-state index contributed by atoms with van der Waals surface area (Å²) >= 11 is 0. The fourth-order valence-electron chi connectivity index (χ4n) is 5.69. The summed E-state index contributed by atoms with van der Waals surface area (Å²) in [5.74, 6) is 1.29. The molecule has 1 aliphatic heterocycles. The van der Waals surface area contributed by atoms with Crippen molar-refractivity contribution in [2.75, 3.05) is 6.61 Å². The molecule has 0 spiro atoms. The summed E-state index contributed by atoms with van der Waals surface area (Å²) in [6.45, 7) is 16.0. The Balaban J connectivity index is 1.83. The summed E-state index contributed by atoms with van der Waals surface area (Å²) in [6, 6.07) is 6.52. The van der Waals surface area contributed by atoms with Crippen molar-refractivity contribution in [2.45, 2.75) is 123 Å². The van der Waals surface area contributed by atoms with Crippen LogP contribution in [0, 0.1) is 11.8 Å². The fraction of sp³-hybridized carbons (Fsp3) is 0.759. The van der Waals surface area contributed by atoms with Gasteiger partial charge in [-0.25, -0.2) is 0 Å². The van der Waals surface area contributed by atoms with Crippen molar-refractivity contribution < 1.29 is 14.7 Å². The zero-order valence-corrected chi connectivity index (χ0v) is 22.2. The van der Waals surface area contributed by atoms with E-state index >= 15 is 0 Å². The normalized spacial score (nSPS) is 25.5. The number of aliphatic hydroxyl groups is 1. The number of fused-ring (bicyclic) bond motifs is 3. The molecule has 1 fully saturated rings. The van der Waals surface area contributed by atoms with E-state index < -0.39 is 11.2 Å². The van der Waals surface area contributed by atoms with E-state index in [2.05, 4.69) is 71.8 Å². The summed E-state index contributed by atoms with van der Waals surface area (Å²) in [7, 11) is 0. The van der Waals surface area contributed by atoms with Crippen LogP contribution in [0.5, 0.6) is 5.75 Å². The Kier molecular flexibility index (Phi) is 8.19. The third kappa shape index (κ3) is 5.93. The lowest BCUT2D eigenvalue weighted by Gasteiger charge is -2.52. The van der Waals surface area contributed by atoms with Crippen LogP contribution >= 0.6 is 0 Å². The van der Waals surface area contributed by atoms with E-state index in [1.807, 2.05) is 0 Å². The largest absolute Gasteiger partial charge is 0.487 e. The Bertz CT molecular complexity index is 826. The van der Waals surface area contributed by atoms with E-state index in [-0.39, 0.29) is 11.3 Å². The smallest absolute Gasteiger partial charge is 0.126 e. The van der Waals surface area contributed by atoms with Gasteiger partial charge in [-0.15, -0.1) is 0 Å². The van der Waals surface area contributed by atoms with Crippen LogP contribution in [0.2, 0.25) is 0 Å². The van der Waals surface area contributed by atoms with Gasteiger partial charge in [-0.2, -0.15) is 0 Å². The Morgan fingerprint density at radius 3 is 2.61 bits per heavy atom. The molecule has 33 heavy (non-hydrogen) atoms. The van der Waals surface area contributed by atoms with E-state index in [1.165, 1.54) is 37.7 Å². The van der Waals surface area contributed by atoms with Crippen LogP contribution in [0.25, 0.3) is 0 Å². The van der Waals surface area contributed by atoms with Crippen molar-refractivity contribution in [3.05, 3.63) is 29.3 Å². The second kappa shape index (κ2) is 10.4. The van der Waals surface area contributed by atoms with E-state index in [4.69, 9.17) is 9.57 Å². The van der Waals surface area contributed by atoms with E-state index in [0.717, 1.165) is 36.3 Å². The van der Waals surface area contributed by atoms with Crippen molar-refractivity contribution in [3.8, 4) is 5.75 Å². The predicted molar refractivity (Wildman–Crippen MR) is 137 cm³/mol. The van der Waals surface area contributed by atoms with Gasteiger partial charge in [-0.05, 0) is 56.1 Å². The summed E-state index contributed by atoms with van der Waals surface area (Å²) in [4.78, 5) is 5.57. The number of hydrogen-bond acceptors (Lipinski definition) is 4. The minimum absolute atomic E-state index is 0.0268. The maximum atomic E-state index is 12.1. The number of rotatable bonds is 10. The first-order chi connectivity index (χ1) is 15.5. The molecule has 1 aromatic carbocycles. The number of hydrogen-bond donors (Lipinski definition) is 1. The topological polar surface area (TPSA) is 51.0 Å². The van der Waals surface area contributed by atoms with Gasteiger partial charge in [0.15, 0.2) is 0 Å². The first-order valence-electron chi connectivity index (χ1n) is 13.2. The molecule has 1 saturated carbocycles. The van der Waals surface area contributed by atoms with Crippen LogP contribution in [0.3, 0.4) is 0 Å². The lowest BCUT2D eigenvalue weighted by molar-refractivity contribution is -0.130. The molecule has 1 aromatic rings. The molecular weight excluding hydrogens is 410 g/mol. The molecule has 0 saturated heterocycles. The molecule has 1 aliphatic carbocycles. The molecule has 0 amide bonds. The molecule has 4 nitrogen and oxygen atoms in total. The molecule has 0 bridgehead atoms. The molecule has 0 radical (unpaired) electrons. The third-order valence-electron chi connectivity index (χ3n) is 7.72. The highest BCUT2D eigenvalue weighted by atomic mass is 16.6. The monoisotopic (exact) mass is 457 g/mol. The second-order valence-electron chi connectivity index (χ2n) is 12.0. The van der Waals surface area contributed by atoms with Crippen molar-refractivity contribution >= 4 is 5.71 Å². The Morgan fingerprint density at radius 1 is 1.18 bits per heavy atom. The molecular formula is C29H47NO3. The minimum Gasteiger partial charge on any atom is -0.487 e. The average Bonchev–Trinajstić information content (AvgIpc) is 2.72. The van der Waals surface area contributed by atoms with Gasteiger partial charge in [-0.3, -0.25) is 0 Å². The van der Waals surface area contributed by atoms with Crippen LogP contribution in [0.1, 0.15) is 117 Å². The van der Waals surface area contributed by atoms with Gasteiger partial charge in [0, 0.05) is 17.9 Å². The second-order valence-corrected chi connectivity index (χ2v) is 12.0. The van der Waals surface area contributed by atoms with Crippen molar-refractivity contribution in [2.24, 2.45) is 17.0 Å². The van der Waals surface area contributed by atoms with E-state index in [9.17, 15) is 5.11 Å². The molecule has 186 valence electrons. The molecule has 3 rings (SSSR count). The van der Waals surface area contributed by atoms with Crippen LogP contribution < -0.4 is 4.74 Å². The highest BCUT2D eigenvalue weighted by Gasteiger charge is 2.55. The molecule has 1 N–H and O–H groups in total. The zero-order valence-electron chi connectivity index (χ0n) is 22.2. The third-order valence-corrected chi connectivity index (χ3v) is 7.72. The highest BCUT2D eigenvalue weighted by molar-refractivity contribution is 5.86. The van der Waals surface area contributed by atoms with Gasteiger partial charge < -0.3 is 14.7 Å². The van der Waals surface area contributed by atoms with Gasteiger partial charge >= 0.3 is 0 Å². The Labute approximate surface area is 202 Å². The summed E-state index contributed by atoms with van der Waals surface area (Å²) in [5, 5.41) is 16.5. The highest BCUT2D eigenvalue weighted by Crippen LogP contribution is 2.54. The molecule has 2 aliphatic rings. The van der Waals surface area contributed by atoms with Crippen LogP contribution in [-0.2, 0) is 15.9 Å². The van der Waals surface area contributed by atoms with E-state index in [0.29, 0.717) is 18.9 Å². The van der Waals surface area contributed by atoms with E-state index in [1.54, 1.807) is 0 Å². The minimum atomic E-state index is -0.974. The van der Waals surface area contributed by atoms with Crippen molar-refractivity contribution in [1.29, 1.82) is 0 Å². The molecule has 0 aromatic heterocycles. The van der Waals surface area contributed by atoms with Gasteiger partial charge in [0.05, 0.1) is 5.71 Å². The summed E-state index contributed by atoms with van der Waals surface area (Å²) in [5.41, 5.74) is 1.82. The summed E-state index contributed by atoms with van der Waals surface area (Å²) < 4.78 is 6.56. The van der Waals surface area contributed by atoms with Gasteiger partial charge in [0.25, 0.3) is 0 Å². The first-order valence-corrected chi connectivity index (χ1v) is 13.2. The lowest BCUT2D eigenvalue weighted by atomic mass is 9.63. The predicted octanol–water partition coefficient (Wildman–Crippen LogP) is 7.51. The Morgan fingerprint density at radius 2 is 1.91 bits per heavy atom. The lowest BCUT2D eigenvalue weighted by Crippen LogP contribution is -2.56. The van der Waals surface area contributed by atoms with Gasteiger partial charge in [-0.1, -0.05) is 84.0 Å². The first kappa shape index (κ1) is 26.1. The quantitative estimate of drug-likeness (QED) is 0.292. The SMILES string of the molecule is CCCCCCCC(C)(C)c1ccc2c(c1)OC(C)(C)[C@H]1CCC(=NOCC(C)C)C[C@@]21O. The average molecular weight is 458 g/mol. The van der Waals surface area contributed by atoms with Crippen molar-refractivity contribution in [1.82, 2.24) is 0 Å². The van der Waals surface area contributed by atoms with Crippen LogP contribution in [-0.4, -0.2) is 23.0 Å². The summed E-state index contributed by atoms with van der Waals surface area (Å²) in [6.07, 6.45) is 9.84. The van der Waals surface area contributed by atoms with Gasteiger partial charge in [0.1, 0.15) is 23.6 Å². The number of benzene rings is 1.